The Morgan fingerprint density at radius 1 is 1.19 bits per heavy atom. The third-order valence-electron chi connectivity index (χ3n) is 4.33. The Morgan fingerprint density at radius 3 is 2.62 bits per heavy atom. The molecule has 2 fully saturated rings. The molecule has 3 rings (SSSR count). The van der Waals surface area contributed by atoms with Gasteiger partial charge in [-0.15, -0.1) is 0 Å². The number of amides is 4. The third kappa shape index (κ3) is 2.30. The Morgan fingerprint density at radius 2 is 1.95 bits per heavy atom. The Kier molecular flexibility index (Phi) is 3.45. The summed E-state index contributed by atoms with van der Waals surface area (Å²) in [6, 6.07) is 2.92. The van der Waals surface area contributed by atoms with Crippen LogP contribution >= 0.6 is 0 Å². The van der Waals surface area contributed by atoms with Gasteiger partial charge in [-0.1, -0.05) is 25.3 Å². The van der Waals surface area contributed by atoms with E-state index in [1.807, 2.05) is 0 Å². The fourth-order valence-corrected chi connectivity index (χ4v) is 3.15. The van der Waals surface area contributed by atoms with Crippen LogP contribution in [0.1, 0.15) is 37.7 Å². The smallest absolute Gasteiger partial charge is 0.277 e. The van der Waals surface area contributed by atoms with Crippen LogP contribution in [0.5, 0.6) is 0 Å². The maximum atomic E-state index is 12.8. The number of urea groups is 1. The SMILES string of the molecule is O=C1NC(=O)C2(CCCCC2)C(=O)N1Cc1cccnc1. The molecule has 6 heteroatoms. The largest absolute Gasteiger partial charge is 0.331 e. The summed E-state index contributed by atoms with van der Waals surface area (Å²) in [7, 11) is 0. The standard InChI is InChI=1S/C15H17N3O3/c19-12-15(6-2-1-3-7-15)13(20)18(14(21)17-12)10-11-5-4-8-16-9-11/h4-5,8-9H,1-3,6-7,10H2,(H,17,19,21). The van der Waals surface area contributed by atoms with Gasteiger partial charge in [-0.25, -0.2) is 4.79 Å². The van der Waals surface area contributed by atoms with E-state index >= 15 is 0 Å². The average molecular weight is 287 g/mol. The summed E-state index contributed by atoms with van der Waals surface area (Å²) >= 11 is 0. The van der Waals surface area contributed by atoms with E-state index in [1.54, 1.807) is 24.5 Å². The Hall–Kier alpha value is -2.24. The summed E-state index contributed by atoms with van der Waals surface area (Å²) in [6.07, 6.45) is 7.00. The summed E-state index contributed by atoms with van der Waals surface area (Å²) in [5.74, 6) is -0.792. The molecule has 1 N–H and O–H groups in total. The van der Waals surface area contributed by atoms with Gasteiger partial charge in [0.15, 0.2) is 0 Å². The fourth-order valence-electron chi connectivity index (χ4n) is 3.15. The molecule has 21 heavy (non-hydrogen) atoms. The zero-order valence-corrected chi connectivity index (χ0v) is 11.7. The number of nitrogens with one attached hydrogen (secondary N) is 1. The second-order valence-electron chi connectivity index (χ2n) is 5.65. The van der Waals surface area contributed by atoms with Crippen LogP contribution in [-0.4, -0.2) is 27.7 Å². The van der Waals surface area contributed by atoms with Gasteiger partial charge in [0.2, 0.25) is 11.8 Å². The van der Waals surface area contributed by atoms with Gasteiger partial charge in [-0.2, -0.15) is 0 Å². The van der Waals surface area contributed by atoms with Gasteiger partial charge in [0.1, 0.15) is 5.41 Å². The highest BCUT2D eigenvalue weighted by atomic mass is 16.2. The first-order chi connectivity index (χ1) is 10.1. The van der Waals surface area contributed by atoms with Gasteiger partial charge in [-0.3, -0.25) is 24.8 Å². The minimum Gasteiger partial charge on any atom is -0.277 e. The third-order valence-corrected chi connectivity index (χ3v) is 4.33. The highest BCUT2D eigenvalue weighted by Gasteiger charge is 2.53. The number of barbiturate groups is 1. The number of hydrogen-bond acceptors (Lipinski definition) is 4. The van der Waals surface area contributed by atoms with Crippen molar-refractivity contribution >= 4 is 17.8 Å². The summed E-state index contributed by atoms with van der Waals surface area (Å²) in [5.41, 5.74) is -0.282. The molecule has 110 valence electrons. The Balaban J connectivity index is 1.88. The normalized spacial score (nSPS) is 21.5. The molecule has 1 aliphatic carbocycles. The molecule has 1 aromatic heterocycles. The zero-order valence-electron chi connectivity index (χ0n) is 11.7. The summed E-state index contributed by atoms with van der Waals surface area (Å²) in [4.78, 5) is 42.1. The van der Waals surface area contributed by atoms with E-state index in [0.717, 1.165) is 29.7 Å². The first-order valence-electron chi connectivity index (χ1n) is 7.20. The molecule has 2 heterocycles. The monoisotopic (exact) mass is 287 g/mol. The number of hydrogen-bond donors (Lipinski definition) is 1. The van der Waals surface area contributed by atoms with E-state index < -0.39 is 17.4 Å². The van der Waals surface area contributed by atoms with Gasteiger partial charge in [0.05, 0.1) is 6.54 Å². The number of rotatable bonds is 2. The van der Waals surface area contributed by atoms with Gasteiger partial charge in [-0.05, 0) is 24.5 Å². The molecule has 1 aromatic rings. The first-order valence-corrected chi connectivity index (χ1v) is 7.20. The lowest BCUT2D eigenvalue weighted by molar-refractivity contribution is -0.154. The molecule has 6 nitrogen and oxygen atoms in total. The summed E-state index contributed by atoms with van der Waals surface area (Å²) in [5, 5.41) is 2.35. The van der Waals surface area contributed by atoms with Crippen molar-refractivity contribution in [2.45, 2.75) is 38.6 Å². The molecule has 1 saturated heterocycles. The Labute approximate surface area is 122 Å². The van der Waals surface area contributed by atoms with Gasteiger partial charge in [0.25, 0.3) is 0 Å². The maximum absolute atomic E-state index is 12.8. The number of carbonyl (C=O) groups excluding carboxylic acids is 3. The van der Waals surface area contributed by atoms with E-state index in [1.165, 1.54) is 0 Å². The minimum atomic E-state index is -1.05. The fraction of sp³-hybridized carbons (Fsp3) is 0.467. The van der Waals surface area contributed by atoms with Crippen LogP contribution in [0, 0.1) is 5.41 Å². The molecule has 0 aromatic carbocycles. The summed E-state index contributed by atoms with van der Waals surface area (Å²) < 4.78 is 0. The van der Waals surface area contributed by atoms with Crippen molar-refractivity contribution < 1.29 is 14.4 Å². The van der Waals surface area contributed by atoms with Crippen molar-refractivity contribution in [3.8, 4) is 0 Å². The molecule has 0 bridgehead atoms. The molecular formula is C15H17N3O3. The first kappa shape index (κ1) is 13.7. The van der Waals surface area contributed by atoms with Crippen LogP contribution in [0.25, 0.3) is 0 Å². The quantitative estimate of drug-likeness (QED) is 0.838. The number of imide groups is 2. The van der Waals surface area contributed by atoms with E-state index in [9.17, 15) is 14.4 Å². The van der Waals surface area contributed by atoms with E-state index in [-0.39, 0.29) is 12.5 Å². The second kappa shape index (κ2) is 5.27. The van der Waals surface area contributed by atoms with Crippen molar-refractivity contribution in [2.24, 2.45) is 5.41 Å². The highest BCUT2D eigenvalue weighted by Crippen LogP contribution is 2.40. The van der Waals surface area contributed by atoms with Crippen LogP contribution < -0.4 is 5.32 Å². The predicted molar refractivity (Wildman–Crippen MR) is 73.8 cm³/mol. The van der Waals surface area contributed by atoms with E-state index in [4.69, 9.17) is 0 Å². The average Bonchev–Trinajstić information content (AvgIpc) is 2.52. The molecule has 2 aliphatic rings. The molecule has 0 atom stereocenters. The van der Waals surface area contributed by atoms with E-state index in [2.05, 4.69) is 10.3 Å². The van der Waals surface area contributed by atoms with Crippen LogP contribution in [0.2, 0.25) is 0 Å². The van der Waals surface area contributed by atoms with Crippen molar-refractivity contribution in [2.75, 3.05) is 0 Å². The highest BCUT2D eigenvalue weighted by molar-refractivity contribution is 6.19. The molecule has 1 saturated carbocycles. The van der Waals surface area contributed by atoms with E-state index in [0.29, 0.717) is 12.8 Å². The lowest BCUT2D eigenvalue weighted by Gasteiger charge is -2.41. The maximum Gasteiger partial charge on any atom is 0.331 e. The summed E-state index contributed by atoms with van der Waals surface area (Å²) in [6.45, 7) is 0.146. The predicted octanol–water partition coefficient (Wildman–Crippen LogP) is 1.61. The van der Waals surface area contributed by atoms with Gasteiger partial charge < -0.3 is 0 Å². The lowest BCUT2D eigenvalue weighted by Crippen LogP contribution is -2.63. The second-order valence-corrected chi connectivity index (χ2v) is 5.65. The van der Waals surface area contributed by atoms with Gasteiger partial charge >= 0.3 is 6.03 Å². The van der Waals surface area contributed by atoms with Crippen LogP contribution in [0.4, 0.5) is 4.79 Å². The molecule has 1 aliphatic heterocycles. The molecule has 1 spiro atoms. The number of nitrogens with zero attached hydrogens (tertiary/aromatic N) is 2. The molecular weight excluding hydrogens is 270 g/mol. The zero-order chi connectivity index (χ0) is 14.9. The van der Waals surface area contributed by atoms with Crippen LogP contribution in [0.3, 0.4) is 0 Å². The molecule has 4 amide bonds. The van der Waals surface area contributed by atoms with Crippen LogP contribution in [0.15, 0.2) is 24.5 Å². The topological polar surface area (TPSA) is 79.4 Å². The minimum absolute atomic E-state index is 0.146. The number of pyridine rings is 1. The number of aromatic nitrogens is 1. The van der Waals surface area contributed by atoms with Crippen LogP contribution in [-0.2, 0) is 16.1 Å². The van der Waals surface area contributed by atoms with Gasteiger partial charge in [0, 0.05) is 12.4 Å². The molecule has 0 radical (unpaired) electrons. The number of carbonyl (C=O) groups is 3. The Bertz CT molecular complexity index is 579. The van der Waals surface area contributed by atoms with Crippen molar-refractivity contribution in [3.63, 3.8) is 0 Å². The lowest BCUT2D eigenvalue weighted by atomic mass is 9.71. The molecule has 0 unspecified atom stereocenters. The van der Waals surface area contributed by atoms with Crippen molar-refractivity contribution in [1.82, 2.24) is 15.2 Å². The van der Waals surface area contributed by atoms with Crippen molar-refractivity contribution in [3.05, 3.63) is 30.1 Å². The van der Waals surface area contributed by atoms with Crippen molar-refractivity contribution in [1.29, 1.82) is 0 Å².